The third kappa shape index (κ3) is 9.10. The zero-order chi connectivity index (χ0) is 10.6. The summed E-state index contributed by atoms with van der Waals surface area (Å²) in [5, 5.41) is 17.5. The van der Waals surface area contributed by atoms with E-state index in [4.69, 9.17) is 5.26 Å². The van der Waals surface area contributed by atoms with Crippen molar-refractivity contribution in [3.63, 3.8) is 0 Å². The lowest BCUT2D eigenvalue weighted by atomic mass is 10.1. The molecule has 78 valence electrons. The molecule has 0 saturated heterocycles. The highest BCUT2D eigenvalue weighted by Gasteiger charge is 1.96. The number of aliphatic hydroxyl groups excluding tert-OH is 1. The number of nitrogens with zero attached hydrogens (tertiary/aromatic N) is 1. The number of nitriles is 1. The van der Waals surface area contributed by atoms with Gasteiger partial charge in [-0.25, -0.2) is 0 Å². The van der Waals surface area contributed by atoms with Crippen LogP contribution in [0.3, 0.4) is 0 Å². The van der Waals surface area contributed by atoms with Crippen LogP contribution in [0.25, 0.3) is 0 Å². The van der Waals surface area contributed by atoms with Gasteiger partial charge in [0.1, 0.15) is 6.10 Å². The van der Waals surface area contributed by atoms with Crippen LogP contribution in [0.1, 0.15) is 51.9 Å². The fraction of sp³-hybridized carbons (Fsp3) is 0.750. The first-order valence-corrected chi connectivity index (χ1v) is 5.34. The van der Waals surface area contributed by atoms with Crippen LogP contribution in [0.2, 0.25) is 0 Å². The Morgan fingerprint density at radius 2 is 2.00 bits per heavy atom. The van der Waals surface area contributed by atoms with Crippen LogP contribution in [0.15, 0.2) is 0 Å². The van der Waals surface area contributed by atoms with Gasteiger partial charge in [0.2, 0.25) is 0 Å². The number of rotatable bonds is 6. The molecule has 1 unspecified atom stereocenters. The van der Waals surface area contributed by atoms with Gasteiger partial charge < -0.3 is 5.11 Å². The highest BCUT2D eigenvalue weighted by Crippen LogP contribution is 2.01. The molecule has 0 aliphatic heterocycles. The predicted octanol–water partition coefficient (Wildman–Crippen LogP) is 2.62. The van der Waals surface area contributed by atoms with Gasteiger partial charge in [-0.2, -0.15) is 5.26 Å². The molecule has 0 radical (unpaired) electrons. The smallest absolute Gasteiger partial charge is 0.115 e. The second-order valence-electron chi connectivity index (χ2n) is 3.34. The molecule has 0 rings (SSSR count). The van der Waals surface area contributed by atoms with Gasteiger partial charge in [0, 0.05) is 12.8 Å². The van der Waals surface area contributed by atoms with Gasteiger partial charge in [0.15, 0.2) is 0 Å². The van der Waals surface area contributed by atoms with Gasteiger partial charge >= 0.3 is 0 Å². The summed E-state index contributed by atoms with van der Waals surface area (Å²) in [5.41, 5.74) is 0. The van der Waals surface area contributed by atoms with Gasteiger partial charge in [-0.05, 0) is 12.8 Å². The number of hydrogen-bond donors (Lipinski definition) is 1. The fourth-order valence-corrected chi connectivity index (χ4v) is 1.10. The molecule has 0 heterocycles. The molecule has 1 atom stereocenters. The zero-order valence-electron chi connectivity index (χ0n) is 8.92. The normalized spacial score (nSPS) is 11.2. The Labute approximate surface area is 86.9 Å². The monoisotopic (exact) mass is 193 g/mol. The maximum absolute atomic E-state index is 9.26. The summed E-state index contributed by atoms with van der Waals surface area (Å²) in [6.07, 6.45) is 5.94. The average Bonchev–Trinajstić information content (AvgIpc) is 2.20. The minimum atomic E-state index is -0.610. The standard InChI is InChI=1S/C12H19NO/c1-2-3-4-5-6-7-9-12(14)10-8-11-13/h12,14H,2-6,8,10H2,1H3. The molecule has 0 fully saturated rings. The maximum atomic E-state index is 9.26. The van der Waals surface area contributed by atoms with Crippen molar-refractivity contribution in [2.45, 2.75) is 58.0 Å². The van der Waals surface area contributed by atoms with E-state index in [1.54, 1.807) is 0 Å². The van der Waals surface area contributed by atoms with Crippen molar-refractivity contribution < 1.29 is 5.11 Å². The largest absolute Gasteiger partial charge is 0.380 e. The van der Waals surface area contributed by atoms with E-state index in [1.165, 1.54) is 19.3 Å². The molecule has 0 spiro atoms. The van der Waals surface area contributed by atoms with Crippen LogP contribution < -0.4 is 0 Å². The lowest BCUT2D eigenvalue weighted by Crippen LogP contribution is -2.01. The third-order valence-electron chi connectivity index (χ3n) is 1.95. The molecule has 0 bridgehead atoms. The van der Waals surface area contributed by atoms with Gasteiger partial charge in [0.05, 0.1) is 6.07 Å². The van der Waals surface area contributed by atoms with E-state index in [0.717, 1.165) is 12.8 Å². The molecule has 2 nitrogen and oxygen atoms in total. The minimum Gasteiger partial charge on any atom is -0.380 e. The molecule has 0 aliphatic carbocycles. The van der Waals surface area contributed by atoms with Gasteiger partial charge in [0.25, 0.3) is 0 Å². The van der Waals surface area contributed by atoms with Crippen LogP contribution in [0.5, 0.6) is 0 Å². The SMILES string of the molecule is CCCCCCC#CC(O)CCC#N. The van der Waals surface area contributed by atoms with Crippen LogP contribution in [-0.2, 0) is 0 Å². The van der Waals surface area contributed by atoms with E-state index < -0.39 is 6.10 Å². The Bertz CT molecular complexity index is 219. The summed E-state index contributed by atoms with van der Waals surface area (Å²) in [4.78, 5) is 0. The average molecular weight is 193 g/mol. The van der Waals surface area contributed by atoms with Crippen molar-refractivity contribution in [3.05, 3.63) is 0 Å². The minimum absolute atomic E-state index is 0.381. The van der Waals surface area contributed by atoms with Crippen LogP contribution >= 0.6 is 0 Å². The summed E-state index contributed by atoms with van der Waals surface area (Å²) in [7, 11) is 0. The van der Waals surface area contributed by atoms with Crippen molar-refractivity contribution in [2.24, 2.45) is 0 Å². The van der Waals surface area contributed by atoms with Crippen LogP contribution in [0, 0.1) is 23.2 Å². The first kappa shape index (κ1) is 13.0. The van der Waals surface area contributed by atoms with E-state index in [1.807, 2.05) is 6.07 Å². The Morgan fingerprint density at radius 3 is 2.64 bits per heavy atom. The molecule has 0 aliphatic rings. The Hall–Kier alpha value is -0.990. The summed E-state index contributed by atoms with van der Waals surface area (Å²) in [5.74, 6) is 5.69. The van der Waals surface area contributed by atoms with Crippen molar-refractivity contribution >= 4 is 0 Å². The molecular weight excluding hydrogens is 174 g/mol. The molecule has 1 N–H and O–H groups in total. The molecule has 14 heavy (non-hydrogen) atoms. The van der Waals surface area contributed by atoms with E-state index in [2.05, 4.69) is 18.8 Å². The molecule has 0 aromatic rings. The third-order valence-corrected chi connectivity index (χ3v) is 1.95. The zero-order valence-corrected chi connectivity index (χ0v) is 8.92. The lowest BCUT2D eigenvalue weighted by Gasteiger charge is -1.97. The molecule has 2 heteroatoms. The lowest BCUT2D eigenvalue weighted by molar-refractivity contribution is 0.224. The highest BCUT2D eigenvalue weighted by atomic mass is 16.3. The van der Waals surface area contributed by atoms with E-state index in [-0.39, 0.29) is 0 Å². The van der Waals surface area contributed by atoms with E-state index in [0.29, 0.717) is 12.8 Å². The quantitative estimate of drug-likeness (QED) is 0.520. The Morgan fingerprint density at radius 1 is 1.21 bits per heavy atom. The summed E-state index contributed by atoms with van der Waals surface area (Å²) in [6, 6.07) is 1.99. The van der Waals surface area contributed by atoms with Crippen molar-refractivity contribution in [3.8, 4) is 17.9 Å². The van der Waals surface area contributed by atoms with Crippen molar-refractivity contribution in [1.82, 2.24) is 0 Å². The topological polar surface area (TPSA) is 44.0 Å². The molecule has 0 amide bonds. The number of unbranched alkanes of at least 4 members (excludes halogenated alkanes) is 4. The van der Waals surface area contributed by atoms with Crippen LogP contribution in [-0.4, -0.2) is 11.2 Å². The Balaban J connectivity index is 3.37. The summed E-state index contributed by atoms with van der Waals surface area (Å²) >= 11 is 0. The molecule has 0 saturated carbocycles. The maximum Gasteiger partial charge on any atom is 0.115 e. The highest BCUT2D eigenvalue weighted by molar-refractivity contribution is 5.04. The first-order chi connectivity index (χ1) is 6.81. The second-order valence-corrected chi connectivity index (χ2v) is 3.34. The fourth-order valence-electron chi connectivity index (χ4n) is 1.10. The van der Waals surface area contributed by atoms with Gasteiger partial charge in [-0.3, -0.25) is 0 Å². The molecule has 0 aromatic carbocycles. The second kappa shape index (κ2) is 10.1. The number of hydrogen-bond acceptors (Lipinski definition) is 2. The molecular formula is C12H19NO. The van der Waals surface area contributed by atoms with E-state index >= 15 is 0 Å². The van der Waals surface area contributed by atoms with Crippen LogP contribution in [0.4, 0.5) is 0 Å². The van der Waals surface area contributed by atoms with Gasteiger partial charge in [-0.1, -0.05) is 32.1 Å². The Kier molecular flexibility index (Phi) is 9.38. The van der Waals surface area contributed by atoms with Gasteiger partial charge in [-0.15, -0.1) is 5.92 Å². The number of aliphatic hydroxyl groups is 1. The summed E-state index contributed by atoms with van der Waals surface area (Å²) < 4.78 is 0. The summed E-state index contributed by atoms with van der Waals surface area (Å²) in [6.45, 7) is 2.18. The predicted molar refractivity (Wildman–Crippen MR) is 57.4 cm³/mol. The first-order valence-electron chi connectivity index (χ1n) is 5.34. The van der Waals surface area contributed by atoms with Crippen molar-refractivity contribution in [1.29, 1.82) is 5.26 Å². The van der Waals surface area contributed by atoms with Crippen molar-refractivity contribution in [2.75, 3.05) is 0 Å². The molecule has 0 aromatic heterocycles. The van der Waals surface area contributed by atoms with E-state index in [9.17, 15) is 5.11 Å².